The molecular formula is C19H23N5O. The molecule has 4 rings (SSSR count). The Morgan fingerprint density at radius 1 is 1.08 bits per heavy atom. The number of carbonyl (C=O) groups is 1. The zero-order valence-electron chi connectivity index (χ0n) is 14.4. The molecule has 2 aliphatic rings. The molecule has 6 nitrogen and oxygen atoms in total. The van der Waals surface area contributed by atoms with Gasteiger partial charge in [0.05, 0.1) is 18.1 Å². The zero-order valence-corrected chi connectivity index (χ0v) is 14.4. The van der Waals surface area contributed by atoms with Gasteiger partial charge in [-0.15, -0.1) is 0 Å². The van der Waals surface area contributed by atoms with Gasteiger partial charge in [0.1, 0.15) is 11.5 Å². The maximum Gasteiger partial charge on any atom is 0.270 e. The van der Waals surface area contributed by atoms with E-state index in [9.17, 15) is 4.79 Å². The topological polar surface area (TPSA) is 79.8 Å². The lowest BCUT2D eigenvalue weighted by Crippen LogP contribution is -2.44. The monoisotopic (exact) mass is 337 g/mol. The van der Waals surface area contributed by atoms with Crippen molar-refractivity contribution in [3.63, 3.8) is 0 Å². The molecule has 2 fully saturated rings. The molecule has 0 saturated heterocycles. The smallest absolute Gasteiger partial charge is 0.270 e. The molecule has 1 amide bonds. The van der Waals surface area contributed by atoms with Crippen LogP contribution in [0.3, 0.4) is 0 Å². The third-order valence-corrected chi connectivity index (χ3v) is 5.02. The Hall–Kier alpha value is -2.50. The second-order valence-electron chi connectivity index (χ2n) is 7.02. The van der Waals surface area contributed by atoms with Crippen molar-refractivity contribution in [2.24, 2.45) is 0 Å². The Labute approximate surface area is 147 Å². The molecule has 0 unspecified atom stereocenters. The summed E-state index contributed by atoms with van der Waals surface area (Å²) in [5.41, 5.74) is 2.57. The van der Waals surface area contributed by atoms with Gasteiger partial charge >= 0.3 is 0 Å². The summed E-state index contributed by atoms with van der Waals surface area (Å²) in [6.07, 6.45) is 10.6. The Morgan fingerprint density at radius 3 is 2.68 bits per heavy atom. The molecule has 2 aromatic heterocycles. The van der Waals surface area contributed by atoms with Gasteiger partial charge in [-0.05, 0) is 56.6 Å². The number of carbonyl (C=O) groups excluding carboxylic acids is 1. The van der Waals surface area contributed by atoms with Crippen LogP contribution < -0.4 is 10.6 Å². The van der Waals surface area contributed by atoms with Crippen molar-refractivity contribution in [3.05, 3.63) is 47.7 Å². The first kappa shape index (κ1) is 16.0. The lowest BCUT2D eigenvalue weighted by Gasteiger charge is -2.23. The molecule has 0 aromatic carbocycles. The molecule has 2 atom stereocenters. The summed E-state index contributed by atoms with van der Waals surface area (Å²) in [4.78, 5) is 25.7. The van der Waals surface area contributed by atoms with Crippen molar-refractivity contribution in [2.75, 3.05) is 5.32 Å². The Kier molecular flexibility index (Phi) is 4.34. The van der Waals surface area contributed by atoms with Crippen LogP contribution in [0.1, 0.15) is 59.8 Å². The summed E-state index contributed by atoms with van der Waals surface area (Å²) < 4.78 is 0. The number of hydrogen-bond acceptors (Lipinski definition) is 5. The fourth-order valence-electron chi connectivity index (χ4n) is 3.53. The van der Waals surface area contributed by atoms with Crippen molar-refractivity contribution in [1.82, 2.24) is 20.3 Å². The molecular weight excluding hydrogens is 314 g/mol. The van der Waals surface area contributed by atoms with Crippen LogP contribution in [0.4, 0.5) is 5.82 Å². The largest absolute Gasteiger partial charge is 0.364 e. The standard InChI is InChI=1S/C19H23N5O/c1-12-10-22-17(11-21-12)23-15-5-2-6-16(15)24-19(25)18-14(13-7-8-13)4-3-9-20-18/h3-4,9-11,13,15-16H,2,5-8H2,1H3,(H,22,23)(H,24,25)/t15-,16-/m0/s1. The molecule has 2 N–H and O–H groups in total. The number of aryl methyl sites for hydroxylation is 1. The molecule has 2 saturated carbocycles. The van der Waals surface area contributed by atoms with Gasteiger partial charge in [-0.1, -0.05) is 6.07 Å². The lowest BCUT2D eigenvalue weighted by atomic mass is 10.1. The van der Waals surface area contributed by atoms with E-state index in [0.717, 1.165) is 49.2 Å². The highest BCUT2D eigenvalue weighted by Crippen LogP contribution is 2.41. The van der Waals surface area contributed by atoms with Gasteiger partial charge in [-0.25, -0.2) is 4.98 Å². The summed E-state index contributed by atoms with van der Waals surface area (Å²) in [6, 6.07) is 4.21. The van der Waals surface area contributed by atoms with Crippen molar-refractivity contribution in [2.45, 2.75) is 57.0 Å². The molecule has 0 bridgehead atoms. The average Bonchev–Trinajstić information content (AvgIpc) is 3.39. The number of rotatable bonds is 5. The summed E-state index contributed by atoms with van der Waals surface area (Å²) in [6.45, 7) is 1.92. The highest BCUT2D eigenvalue weighted by Gasteiger charge is 2.32. The minimum Gasteiger partial charge on any atom is -0.364 e. The van der Waals surface area contributed by atoms with Crippen molar-refractivity contribution in [1.29, 1.82) is 0 Å². The van der Waals surface area contributed by atoms with E-state index in [1.54, 1.807) is 18.6 Å². The second-order valence-corrected chi connectivity index (χ2v) is 7.02. The zero-order chi connectivity index (χ0) is 17.2. The third-order valence-electron chi connectivity index (χ3n) is 5.02. The van der Waals surface area contributed by atoms with Crippen LogP contribution in [0, 0.1) is 6.92 Å². The number of amides is 1. The highest BCUT2D eigenvalue weighted by atomic mass is 16.2. The van der Waals surface area contributed by atoms with Crippen molar-refractivity contribution >= 4 is 11.7 Å². The first-order valence-corrected chi connectivity index (χ1v) is 9.01. The fourth-order valence-corrected chi connectivity index (χ4v) is 3.53. The van der Waals surface area contributed by atoms with Gasteiger partial charge in [-0.2, -0.15) is 0 Å². The van der Waals surface area contributed by atoms with E-state index >= 15 is 0 Å². The number of nitrogens with one attached hydrogen (secondary N) is 2. The molecule has 0 aliphatic heterocycles. The fraction of sp³-hybridized carbons (Fsp3) is 0.474. The summed E-state index contributed by atoms with van der Waals surface area (Å²) in [5.74, 6) is 1.21. The Morgan fingerprint density at radius 2 is 1.92 bits per heavy atom. The predicted octanol–water partition coefficient (Wildman–Crippen LogP) is 2.82. The van der Waals surface area contributed by atoms with Gasteiger partial charge in [-0.3, -0.25) is 14.8 Å². The SMILES string of the molecule is Cc1cnc(N[C@H]2CCC[C@@H]2NC(=O)c2ncccc2C2CC2)cn1. The third kappa shape index (κ3) is 3.62. The molecule has 0 spiro atoms. The maximum atomic E-state index is 12.8. The molecule has 2 aliphatic carbocycles. The maximum absolute atomic E-state index is 12.8. The molecule has 25 heavy (non-hydrogen) atoms. The van der Waals surface area contributed by atoms with E-state index in [0.29, 0.717) is 11.6 Å². The quantitative estimate of drug-likeness (QED) is 0.877. The predicted molar refractivity (Wildman–Crippen MR) is 95.5 cm³/mol. The van der Waals surface area contributed by atoms with E-state index in [4.69, 9.17) is 0 Å². The van der Waals surface area contributed by atoms with E-state index < -0.39 is 0 Å². The first-order valence-electron chi connectivity index (χ1n) is 9.01. The van der Waals surface area contributed by atoms with Gasteiger partial charge in [0, 0.05) is 18.3 Å². The van der Waals surface area contributed by atoms with Crippen LogP contribution in [-0.2, 0) is 0 Å². The molecule has 130 valence electrons. The van der Waals surface area contributed by atoms with Gasteiger partial charge < -0.3 is 10.6 Å². The number of anilines is 1. The molecule has 2 heterocycles. The highest BCUT2D eigenvalue weighted by molar-refractivity contribution is 5.94. The van der Waals surface area contributed by atoms with E-state index in [2.05, 4.69) is 25.6 Å². The van der Waals surface area contributed by atoms with Crippen molar-refractivity contribution in [3.8, 4) is 0 Å². The normalized spacial score (nSPS) is 22.6. The Balaban J connectivity index is 1.44. The average molecular weight is 337 g/mol. The van der Waals surface area contributed by atoms with Crippen LogP contribution >= 0.6 is 0 Å². The second kappa shape index (κ2) is 6.78. The van der Waals surface area contributed by atoms with Gasteiger partial charge in [0.2, 0.25) is 0 Å². The molecule has 6 heteroatoms. The minimum absolute atomic E-state index is 0.0591. The number of nitrogens with zero attached hydrogens (tertiary/aromatic N) is 3. The van der Waals surface area contributed by atoms with Crippen LogP contribution in [0.25, 0.3) is 0 Å². The van der Waals surface area contributed by atoms with Crippen LogP contribution in [0.15, 0.2) is 30.7 Å². The van der Waals surface area contributed by atoms with E-state index in [1.165, 1.54) is 0 Å². The first-order chi connectivity index (χ1) is 12.2. The minimum atomic E-state index is -0.0591. The van der Waals surface area contributed by atoms with Gasteiger partial charge in [0.25, 0.3) is 5.91 Å². The molecule has 0 radical (unpaired) electrons. The number of pyridine rings is 1. The summed E-state index contributed by atoms with van der Waals surface area (Å²) in [7, 11) is 0. The summed E-state index contributed by atoms with van der Waals surface area (Å²) >= 11 is 0. The Bertz CT molecular complexity index is 757. The van der Waals surface area contributed by atoms with Crippen LogP contribution in [-0.4, -0.2) is 32.9 Å². The lowest BCUT2D eigenvalue weighted by molar-refractivity contribution is 0.0929. The number of aromatic nitrogens is 3. The summed E-state index contributed by atoms with van der Waals surface area (Å²) in [5, 5.41) is 6.60. The van der Waals surface area contributed by atoms with E-state index in [1.807, 2.05) is 19.1 Å². The number of hydrogen-bond donors (Lipinski definition) is 2. The van der Waals surface area contributed by atoms with Crippen molar-refractivity contribution < 1.29 is 4.79 Å². The van der Waals surface area contributed by atoms with E-state index in [-0.39, 0.29) is 18.0 Å². The van der Waals surface area contributed by atoms with Gasteiger partial charge in [0.15, 0.2) is 0 Å². The van der Waals surface area contributed by atoms with Crippen LogP contribution in [0.2, 0.25) is 0 Å². The molecule has 2 aromatic rings. The van der Waals surface area contributed by atoms with Crippen LogP contribution in [0.5, 0.6) is 0 Å².